The summed E-state index contributed by atoms with van der Waals surface area (Å²) < 4.78 is 0. The first-order valence-electron chi connectivity index (χ1n) is 5.95. The van der Waals surface area contributed by atoms with E-state index < -0.39 is 11.9 Å². The molecule has 0 bridgehead atoms. The third kappa shape index (κ3) is 3.54. The van der Waals surface area contributed by atoms with Crippen molar-refractivity contribution in [3.8, 4) is 5.75 Å². The van der Waals surface area contributed by atoms with Crippen molar-refractivity contribution >= 4 is 17.7 Å². The molecule has 100 valence electrons. The molecule has 0 radical (unpaired) electrons. The highest BCUT2D eigenvalue weighted by molar-refractivity contribution is 6.01. The predicted molar refractivity (Wildman–Crippen MR) is 66.1 cm³/mol. The zero-order chi connectivity index (χ0) is 13.8. The standard InChI is InChI=1S/C13H14N2O4/c16-9-3-1-8(2-4-9)7-12(18)14-10-5-6-11(17)15-13(10)19/h1-4,10,16H,5-7H2,(H,14,18)(H,15,17,19). The van der Waals surface area contributed by atoms with E-state index in [1.807, 2.05) is 0 Å². The second kappa shape index (κ2) is 5.51. The number of carbonyl (C=O) groups excluding carboxylic acids is 3. The molecule has 1 fully saturated rings. The van der Waals surface area contributed by atoms with Crippen LogP contribution in [0.15, 0.2) is 24.3 Å². The summed E-state index contributed by atoms with van der Waals surface area (Å²) in [7, 11) is 0. The lowest BCUT2D eigenvalue weighted by molar-refractivity contribution is -0.137. The lowest BCUT2D eigenvalue weighted by Crippen LogP contribution is -2.52. The highest BCUT2D eigenvalue weighted by Gasteiger charge is 2.27. The molecule has 0 saturated carbocycles. The first-order chi connectivity index (χ1) is 9.04. The molecule has 1 saturated heterocycles. The lowest BCUT2D eigenvalue weighted by Gasteiger charge is -2.21. The average Bonchev–Trinajstić information content (AvgIpc) is 2.36. The smallest absolute Gasteiger partial charge is 0.249 e. The number of phenols is 1. The maximum absolute atomic E-state index is 11.8. The number of hydrogen-bond donors (Lipinski definition) is 3. The van der Waals surface area contributed by atoms with Gasteiger partial charge in [0.25, 0.3) is 0 Å². The summed E-state index contributed by atoms with van der Waals surface area (Å²) in [5, 5.41) is 13.9. The van der Waals surface area contributed by atoms with Crippen LogP contribution in [0.2, 0.25) is 0 Å². The van der Waals surface area contributed by atoms with Crippen LogP contribution in [-0.2, 0) is 20.8 Å². The number of benzene rings is 1. The number of nitrogens with one attached hydrogen (secondary N) is 2. The third-order valence-corrected chi connectivity index (χ3v) is 2.88. The van der Waals surface area contributed by atoms with Crippen LogP contribution in [0.1, 0.15) is 18.4 Å². The Morgan fingerprint density at radius 3 is 2.63 bits per heavy atom. The van der Waals surface area contributed by atoms with Crippen molar-refractivity contribution in [1.82, 2.24) is 10.6 Å². The minimum atomic E-state index is -0.651. The molecule has 0 aromatic heterocycles. The number of hydrogen-bond acceptors (Lipinski definition) is 4. The summed E-state index contributed by atoms with van der Waals surface area (Å²) >= 11 is 0. The minimum absolute atomic E-state index is 0.123. The van der Waals surface area contributed by atoms with Crippen molar-refractivity contribution in [2.24, 2.45) is 0 Å². The van der Waals surface area contributed by atoms with E-state index in [-0.39, 0.29) is 30.4 Å². The van der Waals surface area contributed by atoms with Gasteiger partial charge in [0, 0.05) is 6.42 Å². The van der Waals surface area contributed by atoms with Gasteiger partial charge in [0.1, 0.15) is 11.8 Å². The van der Waals surface area contributed by atoms with E-state index in [9.17, 15) is 14.4 Å². The van der Waals surface area contributed by atoms with Gasteiger partial charge < -0.3 is 10.4 Å². The Bertz CT molecular complexity index is 510. The summed E-state index contributed by atoms with van der Waals surface area (Å²) in [4.78, 5) is 34.2. The number of carbonyl (C=O) groups is 3. The molecule has 19 heavy (non-hydrogen) atoms. The Kier molecular flexibility index (Phi) is 3.79. The molecule has 3 amide bonds. The van der Waals surface area contributed by atoms with E-state index in [2.05, 4.69) is 10.6 Å². The fourth-order valence-electron chi connectivity index (χ4n) is 1.88. The number of imide groups is 1. The highest BCUT2D eigenvalue weighted by atomic mass is 16.3. The molecule has 1 heterocycles. The summed E-state index contributed by atoms with van der Waals surface area (Å²) in [5.41, 5.74) is 0.739. The normalized spacial score (nSPS) is 18.8. The Balaban J connectivity index is 1.89. The number of phenolic OH excluding ortho intramolecular Hbond substituents is 1. The molecule has 1 unspecified atom stereocenters. The first kappa shape index (κ1) is 13.1. The molecule has 6 nitrogen and oxygen atoms in total. The van der Waals surface area contributed by atoms with Crippen LogP contribution in [0.4, 0.5) is 0 Å². The van der Waals surface area contributed by atoms with Gasteiger partial charge in [-0.1, -0.05) is 12.1 Å². The Labute approximate surface area is 109 Å². The van der Waals surface area contributed by atoms with Crippen molar-refractivity contribution in [2.45, 2.75) is 25.3 Å². The van der Waals surface area contributed by atoms with Crippen LogP contribution in [0, 0.1) is 0 Å². The number of rotatable bonds is 3. The van der Waals surface area contributed by atoms with Gasteiger partial charge in [-0.15, -0.1) is 0 Å². The Morgan fingerprint density at radius 2 is 2.00 bits per heavy atom. The molecular weight excluding hydrogens is 248 g/mol. The molecule has 3 N–H and O–H groups in total. The molecule has 0 spiro atoms. The average molecular weight is 262 g/mol. The lowest BCUT2D eigenvalue weighted by atomic mass is 10.1. The molecule has 0 aliphatic carbocycles. The molecule has 6 heteroatoms. The van der Waals surface area contributed by atoms with E-state index in [4.69, 9.17) is 5.11 Å². The van der Waals surface area contributed by atoms with Crippen LogP contribution in [0.5, 0.6) is 5.75 Å². The van der Waals surface area contributed by atoms with Gasteiger partial charge in [-0.3, -0.25) is 19.7 Å². The van der Waals surface area contributed by atoms with Crippen molar-refractivity contribution in [1.29, 1.82) is 0 Å². The third-order valence-electron chi connectivity index (χ3n) is 2.88. The zero-order valence-corrected chi connectivity index (χ0v) is 10.2. The van der Waals surface area contributed by atoms with Gasteiger partial charge in [-0.05, 0) is 24.1 Å². The van der Waals surface area contributed by atoms with Crippen molar-refractivity contribution < 1.29 is 19.5 Å². The van der Waals surface area contributed by atoms with Gasteiger partial charge in [-0.2, -0.15) is 0 Å². The number of piperidine rings is 1. The monoisotopic (exact) mass is 262 g/mol. The molecule has 1 aliphatic heterocycles. The van der Waals surface area contributed by atoms with Crippen LogP contribution in [-0.4, -0.2) is 28.9 Å². The SMILES string of the molecule is O=C1CCC(NC(=O)Cc2ccc(O)cc2)C(=O)N1. The maximum atomic E-state index is 11.8. The largest absolute Gasteiger partial charge is 0.508 e. The number of amides is 3. The predicted octanol–water partition coefficient (Wildman–Crippen LogP) is -0.144. The van der Waals surface area contributed by atoms with Crippen LogP contribution >= 0.6 is 0 Å². The van der Waals surface area contributed by atoms with Gasteiger partial charge in [-0.25, -0.2) is 0 Å². The Morgan fingerprint density at radius 1 is 1.32 bits per heavy atom. The van der Waals surface area contributed by atoms with Crippen LogP contribution < -0.4 is 10.6 Å². The van der Waals surface area contributed by atoms with E-state index in [0.717, 1.165) is 5.56 Å². The molecule has 1 aromatic rings. The zero-order valence-electron chi connectivity index (χ0n) is 10.2. The van der Waals surface area contributed by atoms with E-state index in [1.165, 1.54) is 12.1 Å². The van der Waals surface area contributed by atoms with Crippen molar-refractivity contribution in [3.63, 3.8) is 0 Å². The van der Waals surface area contributed by atoms with Gasteiger partial charge >= 0.3 is 0 Å². The van der Waals surface area contributed by atoms with Crippen molar-refractivity contribution in [3.05, 3.63) is 29.8 Å². The van der Waals surface area contributed by atoms with Gasteiger partial charge in [0.05, 0.1) is 6.42 Å². The fraction of sp³-hybridized carbons (Fsp3) is 0.308. The molecular formula is C13H14N2O4. The second-order valence-corrected chi connectivity index (χ2v) is 4.41. The summed E-state index contributed by atoms with van der Waals surface area (Å²) in [6, 6.07) is 5.62. The quantitative estimate of drug-likeness (QED) is 0.660. The summed E-state index contributed by atoms with van der Waals surface area (Å²) in [6.07, 6.45) is 0.680. The minimum Gasteiger partial charge on any atom is -0.508 e. The molecule has 2 rings (SSSR count). The van der Waals surface area contributed by atoms with Crippen LogP contribution in [0.3, 0.4) is 0 Å². The van der Waals surface area contributed by atoms with Gasteiger partial charge in [0.2, 0.25) is 17.7 Å². The number of aromatic hydroxyl groups is 1. The topological polar surface area (TPSA) is 95.5 Å². The van der Waals surface area contributed by atoms with Crippen LogP contribution in [0.25, 0.3) is 0 Å². The van der Waals surface area contributed by atoms with E-state index in [0.29, 0.717) is 6.42 Å². The second-order valence-electron chi connectivity index (χ2n) is 4.41. The highest BCUT2D eigenvalue weighted by Crippen LogP contribution is 2.10. The van der Waals surface area contributed by atoms with Crippen molar-refractivity contribution in [2.75, 3.05) is 0 Å². The van der Waals surface area contributed by atoms with E-state index in [1.54, 1.807) is 12.1 Å². The first-order valence-corrected chi connectivity index (χ1v) is 5.95. The summed E-state index contributed by atoms with van der Waals surface area (Å²) in [5.74, 6) is -0.932. The molecule has 1 aromatic carbocycles. The summed E-state index contributed by atoms with van der Waals surface area (Å²) in [6.45, 7) is 0. The van der Waals surface area contributed by atoms with E-state index >= 15 is 0 Å². The molecule has 1 aliphatic rings. The molecule has 1 atom stereocenters. The maximum Gasteiger partial charge on any atom is 0.249 e. The van der Waals surface area contributed by atoms with Gasteiger partial charge in [0.15, 0.2) is 0 Å². The Hall–Kier alpha value is -2.37. The fourth-order valence-corrected chi connectivity index (χ4v) is 1.88.